The number of aryl methyl sites for hydroxylation is 1. The third kappa shape index (κ3) is 4.15. The first-order chi connectivity index (χ1) is 14.0. The number of phenolic OH excluding ortho intramolecular Hbond substituents is 1. The van der Waals surface area contributed by atoms with Crippen molar-refractivity contribution in [2.24, 2.45) is 0 Å². The number of ether oxygens (including phenoxy) is 1. The van der Waals surface area contributed by atoms with Crippen molar-refractivity contribution in [2.75, 3.05) is 20.2 Å². The van der Waals surface area contributed by atoms with Crippen LogP contribution in [0.1, 0.15) is 38.0 Å². The van der Waals surface area contributed by atoms with Gasteiger partial charge in [-0.05, 0) is 51.1 Å². The molecule has 0 saturated carbocycles. The zero-order valence-electron chi connectivity index (χ0n) is 17.6. The van der Waals surface area contributed by atoms with Crippen molar-refractivity contribution in [1.82, 2.24) is 4.90 Å². The number of hydrogen-bond donors (Lipinski definition) is 1. The average molecular weight is 395 g/mol. The van der Waals surface area contributed by atoms with E-state index in [1.54, 1.807) is 26.2 Å². The van der Waals surface area contributed by atoms with Crippen molar-refractivity contribution in [3.8, 4) is 22.6 Å². The fourth-order valence-corrected chi connectivity index (χ4v) is 3.85. The summed E-state index contributed by atoms with van der Waals surface area (Å²) in [6.07, 6.45) is 2.04. The lowest BCUT2D eigenvalue weighted by molar-refractivity contribution is 0.262. The van der Waals surface area contributed by atoms with E-state index < -0.39 is 0 Å². The lowest BCUT2D eigenvalue weighted by atomic mass is 10.00. The minimum atomic E-state index is -0.118. The van der Waals surface area contributed by atoms with Crippen molar-refractivity contribution < 1.29 is 14.3 Å². The van der Waals surface area contributed by atoms with Crippen LogP contribution in [-0.2, 0) is 6.54 Å². The molecule has 3 rings (SSSR count). The molecule has 0 saturated heterocycles. The number of fused-ring (bicyclic) bond motifs is 1. The predicted molar refractivity (Wildman–Crippen MR) is 117 cm³/mol. The topological polar surface area (TPSA) is 62.9 Å². The Morgan fingerprint density at radius 3 is 2.41 bits per heavy atom. The van der Waals surface area contributed by atoms with Gasteiger partial charge in [0.05, 0.1) is 23.6 Å². The minimum absolute atomic E-state index is 0.118. The van der Waals surface area contributed by atoms with Crippen molar-refractivity contribution in [3.05, 3.63) is 57.9 Å². The van der Waals surface area contributed by atoms with Crippen LogP contribution in [0.3, 0.4) is 0 Å². The Bertz CT molecular complexity index is 1050. The highest BCUT2D eigenvalue weighted by molar-refractivity contribution is 5.87. The molecule has 1 aromatic heterocycles. The number of phenols is 1. The predicted octanol–water partition coefficient (Wildman–Crippen LogP) is 5.10. The third-order valence-electron chi connectivity index (χ3n) is 5.15. The summed E-state index contributed by atoms with van der Waals surface area (Å²) in [7, 11) is 1.59. The van der Waals surface area contributed by atoms with Crippen LogP contribution in [0.4, 0.5) is 0 Å². The van der Waals surface area contributed by atoms with E-state index in [9.17, 15) is 9.90 Å². The molecular formula is C24H29NO4. The first kappa shape index (κ1) is 20.9. The highest BCUT2D eigenvalue weighted by atomic mass is 16.5. The Morgan fingerprint density at radius 2 is 1.76 bits per heavy atom. The number of para-hydroxylation sites is 1. The molecule has 0 radical (unpaired) electrons. The van der Waals surface area contributed by atoms with Gasteiger partial charge < -0.3 is 14.3 Å². The molecular weight excluding hydrogens is 366 g/mol. The summed E-state index contributed by atoms with van der Waals surface area (Å²) in [5.41, 5.74) is 2.20. The highest BCUT2D eigenvalue weighted by Crippen LogP contribution is 2.34. The zero-order valence-corrected chi connectivity index (χ0v) is 17.6. The van der Waals surface area contributed by atoms with Gasteiger partial charge in [-0.25, -0.2) is 0 Å². The number of aromatic hydroxyl groups is 1. The monoisotopic (exact) mass is 395 g/mol. The van der Waals surface area contributed by atoms with Crippen molar-refractivity contribution in [3.63, 3.8) is 0 Å². The van der Waals surface area contributed by atoms with Gasteiger partial charge in [0.25, 0.3) is 0 Å². The average Bonchev–Trinajstić information content (AvgIpc) is 2.71. The van der Waals surface area contributed by atoms with Crippen LogP contribution in [0, 0.1) is 6.92 Å². The van der Waals surface area contributed by atoms with Gasteiger partial charge in [0.1, 0.15) is 22.8 Å². The number of hydrogen-bond acceptors (Lipinski definition) is 5. The van der Waals surface area contributed by atoms with Gasteiger partial charge in [0, 0.05) is 12.1 Å². The van der Waals surface area contributed by atoms with Gasteiger partial charge in [0.15, 0.2) is 0 Å². The number of benzene rings is 2. The summed E-state index contributed by atoms with van der Waals surface area (Å²) in [4.78, 5) is 15.7. The zero-order chi connectivity index (χ0) is 21.0. The quantitative estimate of drug-likeness (QED) is 0.575. The molecule has 3 aromatic rings. The second-order valence-corrected chi connectivity index (χ2v) is 7.28. The standard InChI is InChI=1S/C24H29NO4/c1-5-13-25(14-6-2)15-19-20(26)12-11-18-23(27)22(16(3)29-24(18)19)17-9-7-8-10-21(17)28-4/h7-12,26H,5-6,13-15H2,1-4H3. The molecule has 1 heterocycles. The maximum atomic E-state index is 13.4. The van der Waals surface area contributed by atoms with E-state index in [4.69, 9.17) is 9.15 Å². The van der Waals surface area contributed by atoms with Crippen LogP contribution in [0.2, 0.25) is 0 Å². The molecule has 0 fully saturated rings. The van der Waals surface area contributed by atoms with Crippen molar-refractivity contribution in [2.45, 2.75) is 40.2 Å². The fourth-order valence-electron chi connectivity index (χ4n) is 3.85. The molecule has 0 aliphatic heterocycles. The molecule has 2 aromatic carbocycles. The lowest BCUT2D eigenvalue weighted by Crippen LogP contribution is -2.25. The second-order valence-electron chi connectivity index (χ2n) is 7.28. The van der Waals surface area contributed by atoms with Gasteiger partial charge in [-0.2, -0.15) is 0 Å². The second kappa shape index (κ2) is 9.14. The minimum Gasteiger partial charge on any atom is -0.507 e. The van der Waals surface area contributed by atoms with Crippen LogP contribution < -0.4 is 10.2 Å². The van der Waals surface area contributed by atoms with E-state index in [1.807, 2.05) is 24.3 Å². The van der Waals surface area contributed by atoms with Crippen LogP contribution in [0.25, 0.3) is 22.1 Å². The molecule has 0 aliphatic rings. The van der Waals surface area contributed by atoms with Gasteiger partial charge >= 0.3 is 0 Å². The molecule has 5 nitrogen and oxygen atoms in total. The third-order valence-corrected chi connectivity index (χ3v) is 5.15. The fraction of sp³-hybridized carbons (Fsp3) is 0.375. The molecule has 1 N–H and O–H groups in total. The summed E-state index contributed by atoms with van der Waals surface area (Å²) in [6, 6.07) is 10.7. The summed E-state index contributed by atoms with van der Waals surface area (Å²) in [5.74, 6) is 1.29. The van der Waals surface area contributed by atoms with Crippen molar-refractivity contribution >= 4 is 11.0 Å². The molecule has 0 atom stereocenters. The molecule has 0 bridgehead atoms. The highest BCUT2D eigenvalue weighted by Gasteiger charge is 2.21. The van der Waals surface area contributed by atoms with E-state index >= 15 is 0 Å². The van der Waals surface area contributed by atoms with E-state index in [0.29, 0.717) is 45.7 Å². The molecule has 0 aliphatic carbocycles. The SMILES string of the molecule is CCCN(CCC)Cc1c(O)ccc2c(=O)c(-c3ccccc3OC)c(C)oc12. The Hall–Kier alpha value is -2.79. The van der Waals surface area contributed by atoms with E-state index in [2.05, 4.69) is 18.7 Å². The first-order valence-corrected chi connectivity index (χ1v) is 10.2. The summed E-state index contributed by atoms with van der Waals surface area (Å²) < 4.78 is 11.6. The summed E-state index contributed by atoms with van der Waals surface area (Å²) >= 11 is 0. The van der Waals surface area contributed by atoms with Crippen LogP contribution in [0.15, 0.2) is 45.6 Å². The maximum absolute atomic E-state index is 13.4. The molecule has 0 unspecified atom stereocenters. The first-order valence-electron chi connectivity index (χ1n) is 10.2. The van der Waals surface area contributed by atoms with Gasteiger partial charge in [0.2, 0.25) is 5.43 Å². The lowest BCUT2D eigenvalue weighted by Gasteiger charge is -2.22. The Morgan fingerprint density at radius 1 is 1.07 bits per heavy atom. The summed E-state index contributed by atoms with van der Waals surface area (Å²) in [6.45, 7) is 8.44. The molecule has 0 amide bonds. The Balaban J connectivity index is 2.20. The number of nitrogens with zero attached hydrogens (tertiary/aromatic N) is 1. The van der Waals surface area contributed by atoms with Crippen LogP contribution in [-0.4, -0.2) is 30.2 Å². The van der Waals surface area contributed by atoms with E-state index in [0.717, 1.165) is 25.9 Å². The maximum Gasteiger partial charge on any atom is 0.200 e. The molecule has 29 heavy (non-hydrogen) atoms. The number of rotatable bonds is 8. The summed E-state index contributed by atoms with van der Waals surface area (Å²) in [5, 5.41) is 11.0. The smallest absolute Gasteiger partial charge is 0.200 e. The normalized spacial score (nSPS) is 11.3. The molecule has 5 heteroatoms. The number of methoxy groups -OCH3 is 1. The van der Waals surface area contributed by atoms with Gasteiger partial charge in [-0.3, -0.25) is 9.69 Å². The van der Waals surface area contributed by atoms with Gasteiger partial charge in [-0.1, -0.05) is 32.0 Å². The Labute approximate surface area is 171 Å². The van der Waals surface area contributed by atoms with Crippen LogP contribution >= 0.6 is 0 Å². The Kier molecular flexibility index (Phi) is 6.60. The van der Waals surface area contributed by atoms with E-state index in [-0.39, 0.29) is 11.2 Å². The van der Waals surface area contributed by atoms with Crippen LogP contribution in [0.5, 0.6) is 11.5 Å². The molecule has 0 spiro atoms. The van der Waals surface area contributed by atoms with Gasteiger partial charge in [-0.15, -0.1) is 0 Å². The molecule has 154 valence electrons. The van der Waals surface area contributed by atoms with Crippen molar-refractivity contribution in [1.29, 1.82) is 0 Å². The van der Waals surface area contributed by atoms with E-state index in [1.165, 1.54) is 0 Å². The largest absolute Gasteiger partial charge is 0.507 e.